The lowest BCUT2D eigenvalue weighted by molar-refractivity contribution is -0.137. The first-order chi connectivity index (χ1) is 9.92. The summed E-state index contributed by atoms with van der Waals surface area (Å²) in [6, 6.07) is 8.28. The number of aliphatic carboxylic acids is 1. The third kappa shape index (κ3) is 4.28. The van der Waals surface area contributed by atoms with Crippen LogP contribution in [0.15, 0.2) is 24.3 Å². The molecule has 0 spiro atoms. The van der Waals surface area contributed by atoms with Crippen molar-refractivity contribution in [1.82, 2.24) is 4.31 Å². The molecule has 0 aromatic heterocycles. The molecule has 112 valence electrons. The molecule has 0 saturated heterocycles. The molecule has 2 rings (SSSR count). The van der Waals surface area contributed by atoms with E-state index in [9.17, 15) is 13.2 Å². The van der Waals surface area contributed by atoms with E-state index in [1.54, 1.807) is 24.3 Å². The SMILES string of the molecule is N#Cc1ccc(CS(=O)(=O)N(CCC(=O)O)C2CC2)cc1. The van der Waals surface area contributed by atoms with E-state index >= 15 is 0 Å². The summed E-state index contributed by atoms with van der Waals surface area (Å²) in [6.45, 7) is 0.0125. The molecular formula is C14H16N2O4S. The van der Waals surface area contributed by atoms with E-state index in [2.05, 4.69) is 0 Å². The molecule has 1 N–H and O–H groups in total. The Bertz CT molecular complexity index is 657. The number of carboxylic acid groups (broad SMARTS) is 1. The van der Waals surface area contributed by atoms with Crippen LogP contribution in [0.2, 0.25) is 0 Å². The van der Waals surface area contributed by atoms with Gasteiger partial charge < -0.3 is 5.11 Å². The van der Waals surface area contributed by atoms with Crippen molar-refractivity contribution in [3.63, 3.8) is 0 Å². The van der Waals surface area contributed by atoms with Gasteiger partial charge in [-0.25, -0.2) is 8.42 Å². The van der Waals surface area contributed by atoms with Crippen molar-refractivity contribution in [2.75, 3.05) is 6.54 Å². The first-order valence-corrected chi connectivity index (χ1v) is 8.23. The molecule has 1 aromatic carbocycles. The number of rotatable bonds is 7. The molecule has 0 radical (unpaired) electrons. The molecule has 21 heavy (non-hydrogen) atoms. The monoisotopic (exact) mass is 308 g/mol. The molecule has 0 aliphatic heterocycles. The lowest BCUT2D eigenvalue weighted by Gasteiger charge is -2.21. The summed E-state index contributed by atoms with van der Waals surface area (Å²) in [5.41, 5.74) is 1.07. The Morgan fingerprint density at radius 1 is 1.33 bits per heavy atom. The minimum atomic E-state index is -3.54. The van der Waals surface area contributed by atoms with E-state index in [4.69, 9.17) is 10.4 Å². The van der Waals surface area contributed by atoms with Crippen molar-refractivity contribution in [2.24, 2.45) is 0 Å². The predicted octanol–water partition coefficient (Wildman–Crippen LogP) is 1.33. The van der Waals surface area contributed by atoms with Crippen molar-refractivity contribution in [1.29, 1.82) is 5.26 Å². The topological polar surface area (TPSA) is 98.5 Å². The lowest BCUT2D eigenvalue weighted by atomic mass is 10.2. The van der Waals surface area contributed by atoms with Crippen molar-refractivity contribution >= 4 is 16.0 Å². The van der Waals surface area contributed by atoms with Gasteiger partial charge in [0.25, 0.3) is 0 Å². The Morgan fingerprint density at radius 3 is 2.43 bits per heavy atom. The van der Waals surface area contributed by atoms with Crippen LogP contribution in [-0.2, 0) is 20.6 Å². The van der Waals surface area contributed by atoms with E-state index in [1.165, 1.54) is 4.31 Å². The molecular weight excluding hydrogens is 292 g/mol. The van der Waals surface area contributed by atoms with E-state index in [1.807, 2.05) is 6.07 Å². The first-order valence-electron chi connectivity index (χ1n) is 6.63. The second-order valence-electron chi connectivity index (χ2n) is 5.05. The van der Waals surface area contributed by atoms with Crippen molar-refractivity contribution in [3.8, 4) is 6.07 Å². The van der Waals surface area contributed by atoms with Crippen LogP contribution in [0.25, 0.3) is 0 Å². The molecule has 0 heterocycles. The van der Waals surface area contributed by atoms with Crippen LogP contribution in [0.4, 0.5) is 0 Å². The van der Waals surface area contributed by atoms with Crippen LogP contribution in [0.5, 0.6) is 0 Å². The normalized spacial score (nSPS) is 14.9. The highest BCUT2D eigenvalue weighted by molar-refractivity contribution is 7.88. The first kappa shape index (κ1) is 15.5. The standard InChI is InChI=1S/C14H16N2O4S/c15-9-11-1-3-12(4-2-11)10-21(19,20)16(13-5-6-13)8-7-14(17)18/h1-4,13H,5-8,10H2,(H,17,18). The highest BCUT2D eigenvalue weighted by Crippen LogP contribution is 2.30. The molecule has 0 amide bonds. The largest absolute Gasteiger partial charge is 0.481 e. The van der Waals surface area contributed by atoms with E-state index in [0.29, 0.717) is 11.1 Å². The third-order valence-corrected chi connectivity index (χ3v) is 5.18. The number of sulfonamides is 1. The zero-order valence-corrected chi connectivity index (χ0v) is 12.2. The van der Waals surface area contributed by atoms with Crippen LogP contribution in [-0.4, -0.2) is 36.4 Å². The smallest absolute Gasteiger partial charge is 0.304 e. The summed E-state index contributed by atoms with van der Waals surface area (Å²) in [5.74, 6) is -1.18. The minimum absolute atomic E-state index is 0.0125. The number of hydrogen-bond donors (Lipinski definition) is 1. The number of benzene rings is 1. The van der Waals surface area contributed by atoms with Crippen LogP contribution >= 0.6 is 0 Å². The maximum atomic E-state index is 12.4. The fourth-order valence-electron chi connectivity index (χ4n) is 2.09. The summed E-state index contributed by atoms with van der Waals surface area (Å²) in [5, 5.41) is 17.4. The molecule has 1 aromatic rings. The summed E-state index contributed by atoms with van der Waals surface area (Å²) < 4.78 is 26.1. The quantitative estimate of drug-likeness (QED) is 0.819. The Kier molecular flexibility index (Phi) is 4.60. The second-order valence-corrected chi connectivity index (χ2v) is 6.97. The average molecular weight is 308 g/mol. The molecule has 1 fully saturated rings. The molecule has 0 atom stereocenters. The fraction of sp³-hybridized carbons (Fsp3) is 0.429. The van der Waals surface area contributed by atoms with E-state index in [-0.39, 0.29) is 24.8 Å². The fourth-order valence-corrected chi connectivity index (χ4v) is 3.90. The van der Waals surface area contributed by atoms with Gasteiger partial charge in [-0.05, 0) is 30.5 Å². The molecule has 1 aliphatic carbocycles. The van der Waals surface area contributed by atoms with Gasteiger partial charge >= 0.3 is 5.97 Å². The van der Waals surface area contributed by atoms with E-state index < -0.39 is 16.0 Å². The zero-order chi connectivity index (χ0) is 15.5. The molecule has 0 unspecified atom stereocenters. The van der Waals surface area contributed by atoms with Crippen molar-refractivity contribution in [3.05, 3.63) is 35.4 Å². The van der Waals surface area contributed by atoms with Crippen LogP contribution in [0, 0.1) is 11.3 Å². The number of nitrogens with zero attached hydrogens (tertiary/aromatic N) is 2. The van der Waals surface area contributed by atoms with Gasteiger partial charge in [-0.2, -0.15) is 9.57 Å². The Hall–Kier alpha value is -1.91. The summed E-state index contributed by atoms with van der Waals surface area (Å²) in [4.78, 5) is 10.7. The van der Waals surface area contributed by atoms with Crippen molar-refractivity contribution < 1.29 is 18.3 Å². The highest BCUT2D eigenvalue weighted by atomic mass is 32.2. The summed E-state index contributed by atoms with van der Waals surface area (Å²) in [7, 11) is -3.54. The summed E-state index contributed by atoms with van der Waals surface area (Å²) in [6.07, 6.45) is 1.38. The Morgan fingerprint density at radius 2 is 1.95 bits per heavy atom. The van der Waals surface area contributed by atoms with Gasteiger partial charge in [-0.1, -0.05) is 12.1 Å². The zero-order valence-electron chi connectivity index (χ0n) is 11.4. The molecule has 6 nitrogen and oxygen atoms in total. The number of hydrogen-bond acceptors (Lipinski definition) is 4. The lowest BCUT2D eigenvalue weighted by Crippen LogP contribution is -2.35. The number of nitriles is 1. The average Bonchev–Trinajstić information content (AvgIpc) is 3.23. The van der Waals surface area contributed by atoms with Crippen LogP contribution < -0.4 is 0 Å². The molecule has 1 aliphatic rings. The third-order valence-electron chi connectivity index (χ3n) is 3.29. The van der Waals surface area contributed by atoms with Gasteiger partial charge in [0.2, 0.25) is 10.0 Å². The Balaban J connectivity index is 2.10. The van der Waals surface area contributed by atoms with Crippen LogP contribution in [0.3, 0.4) is 0 Å². The van der Waals surface area contributed by atoms with Gasteiger partial charge in [0.15, 0.2) is 0 Å². The second kappa shape index (κ2) is 6.24. The van der Waals surface area contributed by atoms with Gasteiger partial charge in [0, 0.05) is 12.6 Å². The van der Waals surface area contributed by atoms with Crippen LogP contribution in [0.1, 0.15) is 30.4 Å². The number of carboxylic acids is 1. The maximum Gasteiger partial charge on any atom is 0.304 e. The van der Waals surface area contributed by atoms with Gasteiger partial charge in [0.05, 0.1) is 23.8 Å². The summed E-state index contributed by atoms with van der Waals surface area (Å²) >= 11 is 0. The maximum absolute atomic E-state index is 12.4. The van der Waals surface area contributed by atoms with Gasteiger partial charge in [0.1, 0.15) is 0 Å². The van der Waals surface area contributed by atoms with Crippen molar-refractivity contribution in [2.45, 2.75) is 31.1 Å². The molecule has 7 heteroatoms. The minimum Gasteiger partial charge on any atom is -0.481 e. The van der Waals surface area contributed by atoms with Gasteiger partial charge in [-0.15, -0.1) is 0 Å². The molecule has 0 bridgehead atoms. The van der Waals surface area contributed by atoms with Gasteiger partial charge in [-0.3, -0.25) is 4.79 Å². The molecule has 1 saturated carbocycles. The van der Waals surface area contributed by atoms with E-state index in [0.717, 1.165) is 12.8 Å². The highest BCUT2D eigenvalue weighted by Gasteiger charge is 2.37. The Labute approximate surface area is 123 Å². The number of carbonyl (C=O) groups is 1. The predicted molar refractivity (Wildman–Crippen MR) is 75.8 cm³/mol.